The first kappa shape index (κ1) is 23.0. The molecule has 2 aromatic carbocycles. The van der Waals surface area contributed by atoms with E-state index in [0.29, 0.717) is 36.0 Å². The Balaban J connectivity index is 1.70. The molecule has 0 saturated heterocycles. The van der Waals surface area contributed by atoms with E-state index < -0.39 is 5.54 Å². The number of nitrogens with one attached hydrogen (secondary N) is 1. The third-order valence-electron chi connectivity index (χ3n) is 5.95. The van der Waals surface area contributed by atoms with Crippen LogP contribution in [0.5, 0.6) is 0 Å². The molecule has 33 heavy (non-hydrogen) atoms. The molecule has 0 aliphatic carbocycles. The first-order valence-electron chi connectivity index (χ1n) is 10.9. The summed E-state index contributed by atoms with van der Waals surface area (Å²) in [5, 5.41) is 8.18. The third-order valence-corrected chi connectivity index (χ3v) is 6.32. The highest BCUT2D eigenvalue weighted by molar-refractivity contribution is 6.31. The predicted octanol–water partition coefficient (Wildman–Crippen LogP) is 3.77. The number of hydrogen-bond acceptors (Lipinski definition) is 4. The van der Waals surface area contributed by atoms with Gasteiger partial charge < -0.3 is 15.0 Å². The summed E-state index contributed by atoms with van der Waals surface area (Å²) in [7, 11) is 1.62. The number of carbonyl (C=O) groups excluding carboxylic acids is 2. The Labute approximate surface area is 198 Å². The summed E-state index contributed by atoms with van der Waals surface area (Å²) >= 11 is 6.40. The van der Waals surface area contributed by atoms with Crippen LogP contribution < -0.4 is 5.32 Å². The summed E-state index contributed by atoms with van der Waals surface area (Å²) in [6.45, 7) is 3.23. The van der Waals surface area contributed by atoms with Crippen molar-refractivity contribution in [2.45, 2.75) is 32.0 Å². The van der Waals surface area contributed by atoms with E-state index in [4.69, 9.17) is 16.3 Å². The van der Waals surface area contributed by atoms with Gasteiger partial charge in [-0.25, -0.2) is 0 Å². The molecule has 0 unspecified atom stereocenters. The zero-order chi connectivity index (χ0) is 23.4. The van der Waals surface area contributed by atoms with Crippen LogP contribution in [0.2, 0.25) is 5.02 Å². The van der Waals surface area contributed by atoms with Crippen molar-refractivity contribution < 1.29 is 14.3 Å². The standard InChI is InChI=1S/C25H27ClN4O3/c1-25(24(32)27-13-8-14-33-2)17-30-22(15-21(28-30)18-9-4-3-5-10-18)23(31)29(25)16-19-11-6-7-12-20(19)26/h3-7,9-12,15H,8,13-14,16-17H2,1-2H3,(H,27,32)/t25-/m0/s1. The van der Waals surface area contributed by atoms with Gasteiger partial charge in [-0.3, -0.25) is 14.3 Å². The largest absolute Gasteiger partial charge is 0.385 e. The van der Waals surface area contributed by atoms with Crippen LogP contribution in [-0.2, 0) is 22.6 Å². The fourth-order valence-electron chi connectivity index (χ4n) is 4.05. The van der Waals surface area contributed by atoms with Crippen LogP contribution in [0.4, 0.5) is 0 Å². The fraction of sp³-hybridized carbons (Fsp3) is 0.320. The second-order valence-electron chi connectivity index (χ2n) is 8.30. The zero-order valence-electron chi connectivity index (χ0n) is 18.8. The molecule has 0 spiro atoms. The van der Waals surface area contributed by atoms with Gasteiger partial charge in [-0.1, -0.05) is 60.1 Å². The predicted molar refractivity (Wildman–Crippen MR) is 127 cm³/mol. The Morgan fingerprint density at radius 3 is 2.64 bits per heavy atom. The van der Waals surface area contributed by atoms with Gasteiger partial charge in [0, 0.05) is 37.4 Å². The maximum atomic E-state index is 13.7. The summed E-state index contributed by atoms with van der Waals surface area (Å²) in [4.78, 5) is 28.7. The third kappa shape index (κ3) is 4.65. The molecule has 7 nitrogen and oxygen atoms in total. The van der Waals surface area contributed by atoms with Crippen LogP contribution in [0.25, 0.3) is 11.3 Å². The molecule has 0 saturated carbocycles. The lowest BCUT2D eigenvalue weighted by Crippen LogP contribution is -2.63. The maximum Gasteiger partial charge on any atom is 0.273 e. The Bertz CT molecular complexity index is 1150. The van der Waals surface area contributed by atoms with E-state index in [1.165, 1.54) is 0 Å². The molecule has 8 heteroatoms. The highest BCUT2D eigenvalue weighted by Crippen LogP contribution is 2.32. The van der Waals surface area contributed by atoms with Crippen molar-refractivity contribution in [2.24, 2.45) is 0 Å². The number of methoxy groups -OCH3 is 1. The topological polar surface area (TPSA) is 76.5 Å². The van der Waals surface area contributed by atoms with Crippen LogP contribution >= 0.6 is 11.6 Å². The summed E-state index contributed by atoms with van der Waals surface area (Å²) in [5.41, 5.74) is 1.70. The van der Waals surface area contributed by atoms with Gasteiger partial charge in [-0.05, 0) is 31.0 Å². The monoisotopic (exact) mass is 466 g/mol. The molecule has 0 fully saturated rings. The molecule has 1 N–H and O–H groups in total. The van der Waals surface area contributed by atoms with E-state index in [2.05, 4.69) is 10.4 Å². The van der Waals surface area contributed by atoms with Crippen LogP contribution in [0.1, 0.15) is 29.4 Å². The zero-order valence-corrected chi connectivity index (χ0v) is 19.5. The van der Waals surface area contributed by atoms with Gasteiger partial charge in [0.25, 0.3) is 5.91 Å². The number of aromatic nitrogens is 2. The summed E-state index contributed by atoms with van der Waals surface area (Å²) in [6.07, 6.45) is 0.682. The normalized spacial score (nSPS) is 17.7. The van der Waals surface area contributed by atoms with Gasteiger partial charge in [-0.15, -0.1) is 0 Å². The summed E-state index contributed by atoms with van der Waals surface area (Å²) < 4.78 is 6.71. The Morgan fingerprint density at radius 2 is 1.91 bits per heavy atom. The minimum atomic E-state index is -1.14. The van der Waals surface area contributed by atoms with Crippen LogP contribution in [0, 0.1) is 0 Å². The average molecular weight is 467 g/mol. The maximum absolute atomic E-state index is 13.7. The van der Waals surface area contributed by atoms with Gasteiger partial charge in [0.1, 0.15) is 11.2 Å². The van der Waals surface area contributed by atoms with Gasteiger partial charge in [0.2, 0.25) is 5.91 Å². The highest BCUT2D eigenvalue weighted by atomic mass is 35.5. The lowest BCUT2D eigenvalue weighted by molar-refractivity contribution is -0.133. The molecule has 4 rings (SSSR count). The SMILES string of the molecule is COCCCNC(=O)[C@]1(C)Cn2nc(-c3ccccc3)cc2C(=O)N1Cc1ccccc1Cl. The fourth-order valence-corrected chi connectivity index (χ4v) is 4.24. The molecule has 0 radical (unpaired) electrons. The number of carbonyl (C=O) groups is 2. The van der Waals surface area contributed by atoms with Gasteiger partial charge in [-0.2, -0.15) is 5.10 Å². The smallest absolute Gasteiger partial charge is 0.273 e. The second kappa shape index (κ2) is 9.77. The molecule has 0 bridgehead atoms. The Morgan fingerprint density at radius 1 is 1.18 bits per heavy atom. The first-order chi connectivity index (χ1) is 15.9. The molecular weight excluding hydrogens is 440 g/mol. The van der Waals surface area contributed by atoms with E-state index in [1.54, 1.807) is 35.7 Å². The molecular formula is C25H27ClN4O3. The van der Waals surface area contributed by atoms with Crippen molar-refractivity contribution in [3.05, 3.63) is 76.9 Å². The summed E-state index contributed by atoms with van der Waals surface area (Å²) in [6, 6.07) is 18.8. The van der Waals surface area contributed by atoms with Crippen molar-refractivity contribution in [2.75, 3.05) is 20.3 Å². The molecule has 2 heterocycles. The minimum Gasteiger partial charge on any atom is -0.385 e. The van der Waals surface area contributed by atoms with Crippen molar-refractivity contribution in [1.82, 2.24) is 20.0 Å². The van der Waals surface area contributed by atoms with Crippen molar-refractivity contribution in [3.8, 4) is 11.3 Å². The Hall–Kier alpha value is -3.16. The van der Waals surface area contributed by atoms with Crippen molar-refractivity contribution in [3.63, 3.8) is 0 Å². The van der Waals surface area contributed by atoms with Crippen molar-refractivity contribution >= 4 is 23.4 Å². The Kier molecular flexibility index (Phi) is 6.81. The van der Waals surface area contributed by atoms with Crippen LogP contribution in [0.15, 0.2) is 60.7 Å². The molecule has 3 aromatic rings. The number of halogens is 1. The number of ether oxygens (including phenoxy) is 1. The highest BCUT2D eigenvalue weighted by Gasteiger charge is 2.48. The lowest BCUT2D eigenvalue weighted by Gasteiger charge is -2.43. The van der Waals surface area contributed by atoms with E-state index >= 15 is 0 Å². The number of amides is 2. The average Bonchev–Trinajstić information content (AvgIpc) is 3.25. The van der Waals surface area contributed by atoms with E-state index in [9.17, 15) is 9.59 Å². The van der Waals surface area contributed by atoms with E-state index in [1.807, 2.05) is 48.5 Å². The van der Waals surface area contributed by atoms with E-state index in [0.717, 1.165) is 11.1 Å². The van der Waals surface area contributed by atoms with Gasteiger partial charge in [0.05, 0.1) is 12.2 Å². The van der Waals surface area contributed by atoms with Crippen LogP contribution in [0.3, 0.4) is 0 Å². The second-order valence-corrected chi connectivity index (χ2v) is 8.70. The lowest BCUT2D eigenvalue weighted by atomic mass is 9.94. The molecule has 1 aromatic heterocycles. The number of hydrogen-bond donors (Lipinski definition) is 1. The van der Waals surface area contributed by atoms with Crippen LogP contribution in [-0.4, -0.2) is 52.3 Å². The molecule has 2 amide bonds. The van der Waals surface area contributed by atoms with E-state index in [-0.39, 0.29) is 24.9 Å². The summed E-state index contributed by atoms with van der Waals surface area (Å²) in [5.74, 6) is -0.494. The van der Waals surface area contributed by atoms with Gasteiger partial charge in [0.15, 0.2) is 0 Å². The number of nitrogens with zero attached hydrogens (tertiary/aromatic N) is 3. The minimum absolute atomic E-state index is 0.215. The quantitative estimate of drug-likeness (QED) is 0.513. The molecule has 1 atom stereocenters. The molecule has 1 aliphatic rings. The number of rotatable bonds is 8. The number of fused-ring (bicyclic) bond motifs is 1. The first-order valence-corrected chi connectivity index (χ1v) is 11.3. The number of benzene rings is 2. The van der Waals surface area contributed by atoms with Crippen molar-refractivity contribution in [1.29, 1.82) is 0 Å². The molecule has 1 aliphatic heterocycles. The van der Waals surface area contributed by atoms with Gasteiger partial charge >= 0.3 is 0 Å². The molecule has 172 valence electrons.